The zero-order chi connectivity index (χ0) is 18.3. The van der Waals surface area contributed by atoms with Crippen LogP contribution in [0.2, 0.25) is 0 Å². The fourth-order valence-corrected chi connectivity index (χ4v) is 3.95. The largest absolute Gasteiger partial charge is 0.388 e. The van der Waals surface area contributed by atoms with Crippen LogP contribution in [0.5, 0.6) is 0 Å². The number of anilines is 1. The summed E-state index contributed by atoms with van der Waals surface area (Å²) >= 11 is 1.47. The van der Waals surface area contributed by atoms with Crippen LogP contribution in [0, 0.1) is 5.82 Å². The molecule has 1 amide bonds. The number of nitrogens with zero attached hydrogens (tertiary/aromatic N) is 3. The highest BCUT2D eigenvalue weighted by Gasteiger charge is 2.29. The molecule has 0 saturated carbocycles. The van der Waals surface area contributed by atoms with Gasteiger partial charge in [0.15, 0.2) is 10.9 Å². The summed E-state index contributed by atoms with van der Waals surface area (Å²) in [5.41, 5.74) is 2.09. The van der Waals surface area contributed by atoms with Gasteiger partial charge in [0.1, 0.15) is 5.82 Å². The maximum atomic E-state index is 13.7. The van der Waals surface area contributed by atoms with Crippen molar-refractivity contribution in [2.24, 2.45) is 0 Å². The molecule has 1 aliphatic rings. The van der Waals surface area contributed by atoms with Crippen molar-refractivity contribution in [3.05, 3.63) is 59.7 Å². The van der Waals surface area contributed by atoms with Gasteiger partial charge in [-0.05, 0) is 49.4 Å². The van der Waals surface area contributed by atoms with Crippen molar-refractivity contribution < 1.29 is 14.3 Å². The molecule has 3 heterocycles. The highest BCUT2D eigenvalue weighted by molar-refractivity contribution is 7.98. The molecule has 0 radical (unpaired) electrons. The Hall–Kier alpha value is -2.38. The molecule has 0 fully saturated rings. The first-order valence-corrected chi connectivity index (χ1v) is 9.63. The Balaban J connectivity index is 1.83. The lowest BCUT2D eigenvalue weighted by molar-refractivity contribution is 0.0983. The second-order valence-corrected chi connectivity index (χ2v) is 6.99. The molecule has 2 aromatic heterocycles. The molecule has 1 aliphatic heterocycles. The van der Waals surface area contributed by atoms with Crippen LogP contribution in [-0.4, -0.2) is 33.2 Å². The Kier molecular flexibility index (Phi) is 4.42. The summed E-state index contributed by atoms with van der Waals surface area (Å²) in [5, 5.41) is 11.1. The summed E-state index contributed by atoms with van der Waals surface area (Å²) in [5.74, 6) is -0.662. The Morgan fingerprint density at radius 3 is 3.00 bits per heavy atom. The number of imidazole rings is 1. The number of aliphatic hydroxyl groups excluding tert-OH is 1. The molecule has 0 aliphatic carbocycles. The molecular weight excluding hydrogens is 353 g/mol. The number of hydrogen-bond donors (Lipinski definition) is 1. The zero-order valence-electron chi connectivity index (χ0n) is 14.2. The van der Waals surface area contributed by atoms with Crippen LogP contribution in [0.4, 0.5) is 10.1 Å². The fourth-order valence-electron chi connectivity index (χ4n) is 3.41. The van der Waals surface area contributed by atoms with E-state index in [4.69, 9.17) is 0 Å². The van der Waals surface area contributed by atoms with Gasteiger partial charge in [0.2, 0.25) is 0 Å². The Morgan fingerprint density at radius 1 is 1.35 bits per heavy atom. The summed E-state index contributed by atoms with van der Waals surface area (Å²) in [7, 11) is 0. The molecule has 1 N–H and O–H groups in total. The molecule has 7 heteroatoms. The lowest BCUT2D eigenvalue weighted by Crippen LogP contribution is -2.32. The van der Waals surface area contributed by atoms with Crippen LogP contribution in [0.15, 0.2) is 47.8 Å². The van der Waals surface area contributed by atoms with Crippen molar-refractivity contribution in [1.29, 1.82) is 0 Å². The SMILES string of the molecule is CSc1nc(C(=O)N2CCCC(O)c3cc(F)ccc32)c2ccccn12. The molecule has 0 saturated heterocycles. The molecule has 1 unspecified atom stereocenters. The van der Waals surface area contributed by atoms with Crippen molar-refractivity contribution in [2.75, 3.05) is 17.7 Å². The van der Waals surface area contributed by atoms with E-state index < -0.39 is 11.9 Å². The van der Waals surface area contributed by atoms with Gasteiger partial charge in [0.05, 0.1) is 11.6 Å². The van der Waals surface area contributed by atoms with Crippen molar-refractivity contribution in [1.82, 2.24) is 9.38 Å². The van der Waals surface area contributed by atoms with E-state index in [1.807, 2.05) is 35.1 Å². The number of hydrogen-bond acceptors (Lipinski definition) is 4. The number of carbonyl (C=O) groups is 1. The minimum Gasteiger partial charge on any atom is -0.388 e. The average Bonchev–Trinajstić information content (AvgIpc) is 2.95. The molecular formula is C19H18FN3O2S. The van der Waals surface area contributed by atoms with E-state index in [1.54, 1.807) is 11.0 Å². The number of aromatic nitrogens is 2. The van der Waals surface area contributed by atoms with E-state index >= 15 is 0 Å². The van der Waals surface area contributed by atoms with Gasteiger partial charge in [0.25, 0.3) is 5.91 Å². The summed E-state index contributed by atoms with van der Waals surface area (Å²) in [4.78, 5) is 19.4. The van der Waals surface area contributed by atoms with Gasteiger partial charge in [-0.1, -0.05) is 17.8 Å². The number of fused-ring (bicyclic) bond motifs is 2. The van der Waals surface area contributed by atoms with E-state index in [9.17, 15) is 14.3 Å². The van der Waals surface area contributed by atoms with E-state index in [0.717, 1.165) is 10.7 Å². The average molecular weight is 371 g/mol. The third-order valence-corrected chi connectivity index (χ3v) is 5.30. The monoisotopic (exact) mass is 371 g/mol. The lowest BCUT2D eigenvalue weighted by Gasteiger charge is -2.22. The normalized spacial score (nSPS) is 17.2. The maximum Gasteiger partial charge on any atom is 0.279 e. The maximum absolute atomic E-state index is 13.7. The molecule has 26 heavy (non-hydrogen) atoms. The molecule has 0 bridgehead atoms. The number of amides is 1. The van der Waals surface area contributed by atoms with Gasteiger partial charge in [-0.15, -0.1) is 0 Å². The second kappa shape index (κ2) is 6.74. The predicted octanol–water partition coefficient (Wildman–Crippen LogP) is 3.67. The first-order valence-electron chi connectivity index (χ1n) is 8.40. The highest BCUT2D eigenvalue weighted by atomic mass is 32.2. The number of thioether (sulfide) groups is 1. The van der Waals surface area contributed by atoms with E-state index in [2.05, 4.69) is 4.98 Å². The minimum atomic E-state index is -0.779. The highest BCUT2D eigenvalue weighted by Crippen LogP contribution is 2.34. The topological polar surface area (TPSA) is 57.8 Å². The smallest absolute Gasteiger partial charge is 0.279 e. The lowest BCUT2D eigenvalue weighted by atomic mass is 10.0. The molecule has 5 nitrogen and oxygen atoms in total. The third-order valence-electron chi connectivity index (χ3n) is 4.64. The number of rotatable bonds is 2. The van der Waals surface area contributed by atoms with Gasteiger partial charge >= 0.3 is 0 Å². The first kappa shape index (κ1) is 17.1. The van der Waals surface area contributed by atoms with Gasteiger partial charge in [-0.3, -0.25) is 9.20 Å². The van der Waals surface area contributed by atoms with Crippen LogP contribution < -0.4 is 4.90 Å². The standard InChI is InChI=1S/C19H18FN3O2S/c1-26-19-21-17(15-5-2-3-9-23(15)19)18(25)22-10-4-6-16(24)13-11-12(20)7-8-14(13)22/h2-3,5,7-9,11,16,24H,4,6,10H2,1H3. The van der Waals surface area contributed by atoms with Crippen molar-refractivity contribution in [3.63, 3.8) is 0 Å². The van der Waals surface area contributed by atoms with Crippen LogP contribution in [0.3, 0.4) is 0 Å². The number of aliphatic hydroxyl groups is 1. The van der Waals surface area contributed by atoms with E-state index in [-0.39, 0.29) is 5.91 Å². The van der Waals surface area contributed by atoms with Crippen molar-refractivity contribution in [3.8, 4) is 0 Å². The van der Waals surface area contributed by atoms with Crippen molar-refractivity contribution >= 4 is 28.9 Å². The molecule has 1 aromatic carbocycles. The van der Waals surface area contributed by atoms with Crippen LogP contribution in [-0.2, 0) is 0 Å². The quantitative estimate of drug-likeness (QED) is 0.699. The van der Waals surface area contributed by atoms with E-state index in [1.165, 1.54) is 23.9 Å². The first-order chi connectivity index (χ1) is 12.6. The van der Waals surface area contributed by atoms with Gasteiger partial charge in [0, 0.05) is 24.0 Å². The zero-order valence-corrected chi connectivity index (χ0v) is 15.0. The molecule has 4 rings (SSSR count). The number of carbonyl (C=O) groups excluding carboxylic acids is 1. The summed E-state index contributed by atoms with van der Waals surface area (Å²) in [6.45, 7) is 0.453. The van der Waals surface area contributed by atoms with E-state index in [0.29, 0.717) is 36.3 Å². The van der Waals surface area contributed by atoms with Gasteiger partial charge in [-0.2, -0.15) is 0 Å². The third kappa shape index (κ3) is 2.77. The fraction of sp³-hybridized carbons (Fsp3) is 0.263. The van der Waals surface area contributed by atoms with Crippen LogP contribution >= 0.6 is 11.8 Å². The Morgan fingerprint density at radius 2 is 2.19 bits per heavy atom. The number of pyridine rings is 1. The molecule has 3 aromatic rings. The number of halogens is 1. The summed E-state index contributed by atoms with van der Waals surface area (Å²) in [6, 6.07) is 9.81. The van der Waals surface area contributed by atoms with Crippen LogP contribution in [0.1, 0.15) is 35.0 Å². The molecule has 134 valence electrons. The molecule has 0 spiro atoms. The van der Waals surface area contributed by atoms with Crippen LogP contribution in [0.25, 0.3) is 5.52 Å². The van der Waals surface area contributed by atoms with Crippen molar-refractivity contribution in [2.45, 2.75) is 24.1 Å². The predicted molar refractivity (Wildman–Crippen MR) is 99.2 cm³/mol. The second-order valence-electron chi connectivity index (χ2n) is 6.22. The summed E-state index contributed by atoms with van der Waals surface area (Å²) < 4.78 is 15.6. The summed E-state index contributed by atoms with van der Waals surface area (Å²) in [6.07, 6.45) is 4.13. The molecule has 1 atom stereocenters. The number of benzene rings is 1. The Labute approximate surface area is 154 Å². The van der Waals surface area contributed by atoms with Gasteiger partial charge in [-0.25, -0.2) is 9.37 Å². The Bertz CT molecular complexity index is 988. The minimum absolute atomic E-state index is 0.240. The van der Waals surface area contributed by atoms with Gasteiger partial charge < -0.3 is 10.0 Å².